The highest BCUT2D eigenvalue weighted by Crippen LogP contribution is 2.24. The number of carbonyl (C=O) groups excluding carboxylic acids is 1. The molecule has 0 heterocycles. The normalized spacial score (nSPS) is 12.8. The van der Waals surface area contributed by atoms with E-state index in [0.29, 0.717) is 18.4 Å². The molecule has 0 spiro atoms. The van der Waals surface area contributed by atoms with Crippen molar-refractivity contribution in [2.75, 3.05) is 5.73 Å². The summed E-state index contributed by atoms with van der Waals surface area (Å²) in [5, 5.41) is 11.7. The number of nitrogen functional groups attached to an aromatic ring is 1. The highest BCUT2D eigenvalue weighted by atomic mass is 19.1. The molecule has 0 saturated carbocycles. The van der Waals surface area contributed by atoms with Crippen LogP contribution in [0.15, 0.2) is 18.2 Å². The lowest BCUT2D eigenvalue weighted by molar-refractivity contribution is -0.147. The van der Waals surface area contributed by atoms with Gasteiger partial charge in [0.15, 0.2) is 0 Å². The molecule has 1 unspecified atom stereocenters. The predicted molar refractivity (Wildman–Crippen MR) is 73.5 cm³/mol. The van der Waals surface area contributed by atoms with Crippen LogP contribution in [0.2, 0.25) is 0 Å². The van der Waals surface area contributed by atoms with Crippen molar-refractivity contribution in [2.45, 2.75) is 32.7 Å². The summed E-state index contributed by atoms with van der Waals surface area (Å²) < 4.78 is 13.4. The minimum atomic E-state index is -0.979. The van der Waals surface area contributed by atoms with Crippen molar-refractivity contribution in [1.29, 1.82) is 0 Å². The van der Waals surface area contributed by atoms with Gasteiger partial charge in [-0.2, -0.15) is 0 Å². The molecular weight excluding hydrogens is 263 g/mol. The average molecular weight is 282 g/mol. The van der Waals surface area contributed by atoms with E-state index in [0.717, 1.165) is 0 Å². The summed E-state index contributed by atoms with van der Waals surface area (Å²) in [7, 11) is 0. The molecular formula is C14H19FN2O3. The first-order valence-electron chi connectivity index (χ1n) is 6.23. The zero-order chi connectivity index (χ0) is 15.3. The van der Waals surface area contributed by atoms with Crippen molar-refractivity contribution in [3.05, 3.63) is 29.6 Å². The Kier molecular flexibility index (Phi) is 5.07. The smallest absolute Gasteiger partial charge is 0.309 e. The standard InChI is InChI=1S/C14H19FN2O3/c1-14(2,13(19)20)7-10(17-8-18)5-9-3-4-12(16)11(15)6-9/h3-4,6,8,10H,5,7,16H2,1-2H3,(H,17,18)(H,19,20). The molecule has 0 aliphatic carbocycles. The van der Waals surface area contributed by atoms with E-state index in [9.17, 15) is 14.0 Å². The predicted octanol–water partition coefficient (Wildman–Crippen LogP) is 1.57. The third-order valence-electron chi connectivity index (χ3n) is 3.19. The maximum atomic E-state index is 13.4. The summed E-state index contributed by atoms with van der Waals surface area (Å²) in [5.74, 6) is -1.47. The monoisotopic (exact) mass is 282 g/mol. The molecule has 1 rings (SSSR count). The number of carboxylic acid groups (broad SMARTS) is 1. The Bertz CT molecular complexity index is 503. The lowest BCUT2D eigenvalue weighted by Crippen LogP contribution is -2.38. The molecule has 20 heavy (non-hydrogen) atoms. The molecule has 1 amide bonds. The lowest BCUT2D eigenvalue weighted by atomic mass is 9.84. The molecule has 0 bridgehead atoms. The molecule has 1 aromatic rings. The molecule has 0 saturated heterocycles. The summed E-state index contributed by atoms with van der Waals surface area (Å²) in [6, 6.07) is 4.01. The molecule has 110 valence electrons. The van der Waals surface area contributed by atoms with Gasteiger partial charge in [0.2, 0.25) is 6.41 Å². The fourth-order valence-electron chi connectivity index (χ4n) is 1.97. The molecule has 0 aliphatic heterocycles. The van der Waals surface area contributed by atoms with Crippen LogP contribution in [0.4, 0.5) is 10.1 Å². The summed E-state index contributed by atoms with van der Waals surface area (Å²) >= 11 is 0. The van der Waals surface area contributed by atoms with Crippen molar-refractivity contribution in [3.63, 3.8) is 0 Å². The molecule has 1 aromatic carbocycles. The zero-order valence-electron chi connectivity index (χ0n) is 11.5. The Balaban J connectivity index is 2.84. The number of hydrogen-bond acceptors (Lipinski definition) is 3. The number of amides is 1. The van der Waals surface area contributed by atoms with E-state index in [1.165, 1.54) is 12.1 Å². The Labute approximate surface area is 117 Å². The second-order valence-corrected chi connectivity index (χ2v) is 5.43. The number of hydrogen-bond donors (Lipinski definition) is 3. The first-order chi connectivity index (χ1) is 9.26. The molecule has 0 radical (unpaired) electrons. The largest absolute Gasteiger partial charge is 0.481 e. The molecule has 0 aromatic heterocycles. The molecule has 4 N–H and O–H groups in total. The number of aliphatic carboxylic acids is 1. The Morgan fingerprint density at radius 3 is 2.70 bits per heavy atom. The fourth-order valence-corrected chi connectivity index (χ4v) is 1.97. The number of carboxylic acids is 1. The van der Waals surface area contributed by atoms with Gasteiger partial charge >= 0.3 is 5.97 Å². The van der Waals surface area contributed by atoms with Gasteiger partial charge < -0.3 is 16.2 Å². The van der Waals surface area contributed by atoms with Crippen molar-refractivity contribution in [1.82, 2.24) is 5.32 Å². The number of carbonyl (C=O) groups is 2. The van der Waals surface area contributed by atoms with E-state index in [2.05, 4.69) is 5.32 Å². The zero-order valence-corrected chi connectivity index (χ0v) is 11.5. The summed E-state index contributed by atoms with van der Waals surface area (Å²) in [6.07, 6.45) is 1.11. The number of anilines is 1. The van der Waals surface area contributed by atoms with E-state index >= 15 is 0 Å². The Morgan fingerprint density at radius 1 is 1.55 bits per heavy atom. The maximum absolute atomic E-state index is 13.4. The van der Waals surface area contributed by atoms with E-state index in [1.54, 1.807) is 19.9 Å². The van der Waals surface area contributed by atoms with Gasteiger partial charge in [-0.15, -0.1) is 0 Å². The van der Waals surface area contributed by atoms with Crippen molar-refractivity contribution in [2.24, 2.45) is 5.41 Å². The van der Waals surface area contributed by atoms with Crippen LogP contribution in [-0.4, -0.2) is 23.5 Å². The van der Waals surface area contributed by atoms with Gasteiger partial charge in [0.25, 0.3) is 0 Å². The average Bonchev–Trinajstić information content (AvgIpc) is 2.33. The third-order valence-corrected chi connectivity index (χ3v) is 3.19. The van der Waals surface area contributed by atoms with Crippen LogP contribution in [0, 0.1) is 11.2 Å². The minimum absolute atomic E-state index is 0.0551. The number of nitrogens with two attached hydrogens (primary N) is 1. The van der Waals surface area contributed by atoms with E-state index in [-0.39, 0.29) is 18.2 Å². The highest BCUT2D eigenvalue weighted by molar-refractivity contribution is 5.73. The molecule has 0 fully saturated rings. The van der Waals surface area contributed by atoms with Crippen LogP contribution >= 0.6 is 0 Å². The van der Waals surface area contributed by atoms with Crippen LogP contribution in [0.3, 0.4) is 0 Å². The molecule has 6 heteroatoms. The first kappa shape index (κ1) is 15.9. The summed E-state index contributed by atoms with van der Waals surface area (Å²) in [5.41, 5.74) is 5.12. The highest BCUT2D eigenvalue weighted by Gasteiger charge is 2.30. The quantitative estimate of drug-likeness (QED) is 0.523. The van der Waals surface area contributed by atoms with Gasteiger partial charge in [-0.25, -0.2) is 4.39 Å². The molecule has 5 nitrogen and oxygen atoms in total. The maximum Gasteiger partial charge on any atom is 0.309 e. The minimum Gasteiger partial charge on any atom is -0.481 e. The third kappa shape index (κ3) is 4.22. The Morgan fingerprint density at radius 2 is 2.20 bits per heavy atom. The number of nitrogens with one attached hydrogen (secondary N) is 1. The summed E-state index contributed by atoms with van der Waals surface area (Å²) in [4.78, 5) is 21.7. The van der Waals surface area contributed by atoms with Gasteiger partial charge in [-0.05, 0) is 44.4 Å². The van der Waals surface area contributed by atoms with Crippen LogP contribution in [0.25, 0.3) is 0 Å². The second-order valence-electron chi connectivity index (χ2n) is 5.43. The number of benzene rings is 1. The van der Waals surface area contributed by atoms with E-state index < -0.39 is 17.2 Å². The van der Waals surface area contributed by atoms with Crippen molar-refractivity contribution >= 4 is 18.1 Å². The number of rotatable bonds is 7. The van der Waals surface area contributed by atoms with Crippen molar-refractivity contribution < 1.29 is 19.1 Å². The fraction of sp³-hybridized carbons (Fsp3) is 0.429. The first-order valence-corrected chi connectivity index (χ1v) is 6.23. The van der Waals surface area contributed by atoms with Gasteiger partial charge in [0.1, 0.15) is 5.82 Å². The van der Waals surface area contributed by atoms with Gasteiger partial charge in [-0.1, -0.05) is 6.07 Å². The topological polar surface area (TPSA) is 92.4 Å². The molecule has 0 aliphatic rings. The lowest BCUT2D eigenvalue weighted by Gasteiger charge is -2.25. The van der Waals surface area contributed by atoms with Crippen LogP contribution in [-0.2, 0) is 16.0 Å². The summed E-state index contributed by atoms with van der Waals surface area (Å²) in [6.45, 7) is 3.16. The van der Waals surface area contributed by atoms with Crippen LogP contribution in [0.1, 0.15) is 25.8 Å². The van der Waals surface area contributed by atoms with Crippen molar-refractivity contribution in [3.8, 4) is 0 Å². The van der Waals surface area contributed by atoms with Gasteiger partial charge in [0, 0.05) is 6.04 Å². The van der Waals surface area contributed by atoms with E-state index in [1.807, 2.05) is 0 Å². The molecule has 1 atom stereocenters. The van der Waals surface area contributed by atoms with Crippen LogP contribution in [0.5, 0.6) is 0 Å². The Hall–Kier alpha value is -2.11. The second kappa shape index (κ2) is 6.36. The van der Waals surface area contributed by atoms with Gasteiger partial charge in [-0.3, -0.25) is 9.59 Å². The van der Waals surface area contributed by atoms with E-state index in [4.69, 9.17) is 10.8 Å². The van der Waals surface area contributed by atoms with Crippen LogP contribution < -0.4 is 11.1 Å². The SMILES string of the molecule is CC(C)(CC(Cc1ccc(N)c(F)c1)NC=O)C(=O)O. The number of halogens is 1. The van der Waals surface area contributed by atoms with Gasteiger partial charge in [0.05, 0.1) is 11.1 Å².